The van der Waals surface area contributed by atoms with Crippen LogP contribution in [-0.4, -0.2) is 58.7 Å². The van der Waals surface area contributed by atoms with Gasteiger partial charge in [-0.2, -0.15) is 9.97 Å². The number of rotatable bonds is 7. The minimum Gasteiger partial charge on any atom is -0.461 e. The zero-order valence-electron chi connectivity index (χ0n) is 21.3. The number of ether oxygens (including phenoxy) is 1. The van der Waals surface area contributed by atoms with Gasteiger partial charge in [0.25, 0.3) is 0 Å². The van der Waals surface area contributed by atoms with E-state index in [4.69, 9.17) is 21.3 Å². The van der Waals surface area contributed by atoms with Crippen LogP contribution < -0.4 is 9.64 Å². The molecule has 0 aliphatic carbocycles. The van der Waals surface area contributed by atoms with Crippen LogP contribution in [0, 0.1) is 5.82 Å². The molecule has 0 bridgehead atoms. The standard InChI is InChI=1S/C29H31ClFN5O/c1-3-14-35(2)27-21-17-32-25(20-10-4-8-19-9-5-11-22(30)23(19)20)24(31)26(21)33-28(34-27)37-18-29-12-6-15-36(29)16-7-13-29/h4-5,8-11,17H,3,6-7,12-16,18H2,1-2H3. The Labute approximate surface area is 221 Å². The first kappa shape index (κ1) is 24.3. The molecular weight excluding hydrogens is 489 g/mol. The van der Waals surface area contributed by atoms with Crippen molar-refractivity contribution < 1.29 is 9.13 Å². The molecule has 0 amide bonds. The van der Waals surface area contributed by atoms with Gasteiger partial charge < -0.3 is 9.64 Å². The minimum absolute atomic E-state index is 0.0510. The second kappa shape index (κ2) is 9.69. The van der Waals surface area contributed by atoms with Crippen molar-refractivity contribution in [3.8, 4) is 17.3 Å². The highest BCUT2D eigenvalue weighted by atomic mass is 35.5. The molecule has 192 valence electrons. The summed E-state index contributed by atoms with van der Waals surface area (Å²) in [6, 6.07) is 11.6. The Bertz CT molecular complexity index is 1460. The number of anilines is 1. The average Bonchev–Trinajstić information content (AvgIpc) is 3.48. The van der Waals surface area contributed by atoms with E-state index in [0.717, 1.165) is 49.7 Å². The first-order valence-electron chi connectivity index (χ1n) is 13.1. The van der Waals surface area contributed by atoms with E-state index in [1.54, 1.807) is 6.20 Å². The van der Waals surface area contributed by atoms with Crippen LogP contribution in [0.2, 0.25) is 5.02 Å². The first-order valence-corrected chi connectivity index (χ1v) is 13.5. The quantitative estimate of drug-likeness (QED) is 0.278. The molecule has 0 atom stereocenters. The summed E-state index contributed by atoms with van der Waals surface area (Å²) in [6.45, 7) is 5.62. The topological polar surface area (TPSA) is 54.4 Å². The van der Waals surface area contributed by atoms with Crippen LogP contribution in [0.5, 0.6) is 6.01 Å². The van der Waals surface area contributed by atoms with Crippen LogP contribution in [0.15, 0.2) is 42.6 Å². The molecule has 0 radical (unpaired) electrons. The Kier molecular flexibility index (Phi) is 6.37. The third-order valence-electron chi connectivity index (χ3n) is 7.95. The molecule has 4 heterocycles. The van der Waals surface area contributed by atoms with Gasteiger partial charge in [0.05, 0.1) is 10.9 Å². The van der Waals surface area contributed by atoms with Crippen molar-refractivity contribution in [3.63, 3.8) is 0 Å². The van der Waals surface area contributed by atoms with Gasteiger partial charge >= 0.3 is 6.01 Å². The van der Waals surface area contributed by atoms with E-state index in [1.807, 2.05) is 48.3 Å². The number of fused-ring (bicyclic) bond motifs is 3. The number of benzene rings is 2. The molecule has 0 unspecified atom stereocenters. The summed E-state index contributed by atoms with van der Waals surface area (Å²) < 4.78 is 22.6. The Morgan fingerprint density at radius 2 is 1.86 bits per heavy atom. The van der Waals surface area contributed by atoms with Gasteiger partial charge in [0.2, 0.25) is 0 Å². The van der Waals surface area contributed by atoms with Crippen molar-refractivity contribution in [2.75, 3.05) is 38.2 Å². The molecule has 0 spiro atoms. The molecule has 6 nitrogen and oxygen atoms in total. The lowest BCUT2D eigenvalue weighted by Gasteiger charge is -2.31. The Hall–Kier alpha value is -3.03. The summed E-state index contributed by atoms with van der Waals surface area (Å²) in [7, 11) is 1.96. The second-order valence-electron chi connectivity index (χ2n) is 10.3. The molecule has 37 heavy (non-hydrogen) atoms. The maximum Gasteiger partial charge on any atom is 0.319 e. The molecule has 8 heteroatoms. The van der Waals surface area contributed by atoms with Crippen molar-refractivity contribution in [1.29, 1.82) is 0 Å². The van der Waals surface area contributed by atoms with Gasteiger partial charge in [-0.3, -0.25) is 9.88 Å². The van der Waals surface area contributed by atoms with Crippen molar-refractivity contribution in [1.82, 2.24) is 19.9 Å². The zero-order valence-corrected chi connectivity index (χ0v) is 22.1. The van der Waals surface area contributed by atoms with E-state index in [2.05, 4.69) is 21.8 Å². The number of pyridine rings is 1. The van der Waals surface area contributed by atoms with Crippen LogP contribution in [0.1, 0.15) is 39.0 Å². The van der Waals surface area contributed by atoms with Crippen molar-refractivity contribution in [2.45, 2.75) is 44.6 Å². The minimum atomic E-state index is -0.496. The highest BCUT2D eigenvalue weighted by molar-refractivity contribution is 6.36. The van der Waals surface area contributed by atoms with Gasteiger partial charge in [0.1, 0.15) is 23.6 Å². The lowest BCUT2D eigenvalue weighted by atomic mass is 9.95. The molecule has 0 N–H and O–H groups in total. The van der Waals surface area contributed by atoms with Gasteiger partial charge in [-0.1, -0.05) is 48.9 Å². The van der Waals surface area contributed by atoms with E-state index in [-0.39, 0.29) is 22.8 Å². The molecule has 2 aliphatic rings. The van der Waals surface area contributed by atoms with E-state index in [0.29, 0.717) is 28.4 Å². The number of hydrogen-bond donors (Lipinski definition) is 0. The van der Waals surface area contributed by atoms with Gasteiger partial charge in [-0.05, 0) is 56.6 Å². The third-order valence-corrected chi connectivity index (χ3v) is 8.27. The lowest BCUT2D eigenvalue weighted by molar-refractivity contribution is 0.108. The van der Waals surface area contributed by atoms with Crippen molar-refractivity contribution in [2.24, 2.45) is 0 Å². The zero-order chi connectivity index (χ0) is 25.6. The predicted molar refractivity (Wildman–Crippen MR) is 147 cm³/mol. The molecule has 2 fully saturated rings. The Morgan fingerprint density at radius 1 is 1.11 bits per heavy atom. The SMILES string of the molecule is CCCN(C)c1nc(OCC23CCCN2CCC3)nc2c(F)c(-c3cccc4cccc(Cl)c34)ncc12. The summed E-state index contributed by atoms with van der Waals surface area (Å²) in [5.74, 6) is 0.132. The predicted octanol–water partition coefficient (Wildman–Crippen LogP) is 6.49. The van der Waals surface area contributed by atoms with Gasteiger partial charge in [-0.15, -0.1) is 0 Å². The molecule has 2 aromatic carbocycles. The molecule has 6 rings (SSSR count). The third kappa shape index (κ3) is 4.18. The van der Waals surface area contributed by atoms with Crippen molar-refractivity contribution in [3.05, 3.63) is 53.4 Å². The maximum atomic E-state index is 16.3. The van der Waals surface area contributed by atoms with Crippen molar-refractivity contribution >= 4 is 39.1 Å². The van der Waals surface area contributed by atoms with Gasteiger partial charge in [0.15, 0.2) is 5.82 Å². The summed E-state index contributed by atoms with van der Waals surface area (Å²) in [5, 5.41) is 2.82. The Morgan fingerprint density at radius 3 is 2.62 bits per heavy atom. The number of aromatic nitrogens is 3. The fourth-order valence-electron chi connectivity index (χ4n) is 6.16. The smallest absolute Gasteiger partial charge is 0.319 e. The fraction of sp³-hybridized carbons (Fsp3) is 0.414. The molecule has 0 saturated carbocycles. The van der Waals surface area contributed by atoms with E-state index >= 15 is 4.39 Å². The molecule has 4 aromatic rings. The monoisotopic (exact) mass is 519 g/mol. The highest BCUT2D eigenvalue weighted by Crippen LogP contribution is 2.40. The number of hydrogen-bond acceptors (Lipinski definition) is 6. The second-order valence-corrected chi connectivity index (χ2v) is 10.7. The molecule has 2 aromatic heterocycles. The molecule has 2 saturated heterocycles. The van der Waals surface area contributed by atoms with Crippen LogP contribution in [-0.2, 0) is 0 Å². The molecular formula is C29H31ClFN5O. The van der Waals surface area contributed by atoms with Gasteiger partial charge in [0, 0.05) is 35.8 Å². The summed E-state index contributed by atoms with van der Waals surface area (Å²) in [6.07, 6.45) is 7.20. The highest BCUT2D eigenvalue weighted by Gasteiger charge is 2.45. The van der Waals surface area contributed by atoms with E-state index < -0.39 is 5.82 Å². The normalized spacial score (nSPS) is 17.0. The summed E-state index contributed by atoms with van der Waals surface area (Å²) >= 11 is 6.55. The van der Waals surface area contributed by atoms with Gasteiger partial charge in [-0.25, -0.2) is 4.39 Å². The van der Waals surface area contributed by atoms with E-state index in [1.165, 1.54) is 12.8 Å². The fourth-order valence-corrected chi connectivity index (χ4v) is 6.44. The van der Waals surface area contributed by atoms with Crippen LogP contribution >= 0.6 is 11.6 Å². The summed E-state index contributed by atoms with van der Waals surface area (Å²) in [4.78, 5) is 18.5. The largest absolute Gasteiger partial charge is 0.461 e. The Balaban J connectivity index is 1.47. The van der Waals surface area contributed by atoms with Crippen LogP contribution in [0.4, 0.5) is 10.2 Å². The number of nitrogens with zero attached hydrogens (tertiary/aromatic N) is 5. The van der Waals surface area contributed by atoms with E-state index in [9.17, 15) is 0 Å². The first-order chi connectivity index (χ1) is 18.0. The van der Waals surface area contributed by atoms with Crippen LogP contribution in [0.3, 0.4) is 0 Å². The number of halogens is 2. The summed E-state index contributed by atoms with van der Waals surface area (Å²) in [5.41, 5.74) is 1.12. The maximum absolute atomic E-state index is 16.3. The lowest BCUT2D eigenvalue weighted by Crippen LogP contribution is -2.43. The van der Waals surface area contributed by atoms with Crippen LogP contribution in [0.25, 0.3) is 32.9 Å². The molecule has 2 aliphatic heterocycles. The average molecular weight is 520 g/mol.